The molecule has 0 aromatic rings. The van der Waals surface area contributed by atoms with Gasteiger partial charge in [0, 0.05) is 0 Å². The molecule has 0 aliphatic rings. The molecule has 0 saturated heterocycles. The third-order valence-electron chi connectivity index (χ3n) is 1.17. The molecule has 6 N–H and O–H groups in total. The highest BCUT2D eigenvalue weighted by molar-refractivity contribution is 5.64. The lowest BCUT2D eigenvalue weighted by molar-refractivity contribution is -0.201. The topological polar surface area (TPSA) is 148 Å². The van der Waals surface area contributed by atoms with E-state index in [0.29, 0.717) is 0 Å². The van der Waals surface area contributed by atoms with Crippen molar-refractivity contribution in [1.29, 1.82) is 0 Å². The maximum atomic E-state index is 9.97. The first-order valence-corrected chi connectivity index (χ1v) is 3.87. The van der Waals surface area contributed by atoms with Crippen LogP contribution in [0.1, 0.15) is 0 Å². The van der Waals surface area contributed by atoms with E-state index >= 15 is 0 Å². The standard InChI is InChI=1S/C6H12N2O7/c9-3(1-7-5(11)12)15-4(10)2-8-6(13)14/h3-4,7-10H,1-2H2,(H,11,12)(H,13,14). The Kier molecular flexibility index (Phi) is 6.09. The summed E-state index contributed by atoms with van der Waals surface area (Å²) in [6.45, 7) is -0.862. The van der Waals surface area contributed by atoms with Gasteiger partial charge in [-0.2, -0.15) is 0 Å². The fourth-order valence-electron chi connectivity index (χ4n) is 0.627. The van der Waals surface area contributed by atoms with Crippen LogP contribution in [0.4, 0.5) is 9.59 Å². The summed E-state index contributed by atoms with van der Waals surface area (Å²) in [6, 6.07) is 0. The minimum absolute atomic E-state index is 0.431. The number of aliphatic hydroxyl groups is 2. The first-order chi connectivity index (χ1) is 6.91. The van der Waals surface area contributed by atoms with E-state index in [-0.39, 0.29) is 0 Å². The normalized spacial score (nSPS) is 14.0. The van der Waals surface area contributed by atoms with E-state index in [1.54, 1.807) is 0 Å². The van der Waals surface area contributed by atoms with Crippen LogP contribution in [0.5, 0.6) is 0 Å². The highest BCUT2D eigenvalue weighted by atomic mass is 16.7. The van der Waals surface area contributed by atoms with Gasteiger partial charge in [-0.3, -0.25) is 0 Å². The monoisotopic (exact) mass is 224 g/mol. The quantitative estimate of drug-likeness (QED) is 0.291. The lowest BCUT2D eigenvalue weighted by Gasteiger charge is -2.16. The van der Waals surface area contributed by atoms with Crippen molar-refractivity contribution in [2.75, 3.05) is 13.1 Å². The number of aliphatic hydroxyl groups excluding tert-OH is 2. The number of amides is 2. The van der Waals surface area contributed by atoms with Crippen molar-refractivity contribution in [3.05, 3.63) is 0 Å². The number of rotatable bonds is 6. The molecular formula is C6H12N2O7. The molecule has 0 spiro atoms. The minimum atomic E-state index is -1.55. The van der Waals surface area contributed by atoms with Gasteiger partial charge in [0.15, 0.2) is 12.6 Å². The summed E-state index contributed by atoms with van der Waals surface area (Å²) < 4.78 is 4.41. The number of ether oxygens (including phenoxy) is 1. The summed E-state index contributed by atoms with van der Waals surface area (Å²) in [7, 11) is 0. The summed E-state index contributed by atoms with van der Waals surface area (Å²) in [6.07, 6.45) is -5.80. The van der Waals surface area contributed by atoms with Crippen LogP contribution in [0.2, 0.25) is 0 Å². The van der Waals surface area contributed by atoms with Crippen LogP contribution in [0.15, 0.2) is 0 Å². The van der Waals surface area contributed by atoms with Gasteiger partial charge < -0.3 is 35.8 Å². The second-order valence-corrected chi connectivity index (χ2v) is 2.42. The van der Waals surface area contributed by atoms with Gasteiger partial charge in [-0.15, -0.1) is 0 Å². The van der Waals surface area contributed by atoms with Crippen molar-refractivity contribution in [3.63, 3.8) is 0 Å². The minimum Gasteiger partial charge on any atom is -0.465 e. The molecule has 0 saturated carbocycles. The molecule has 0 fully saturated rings. The van der Waals surface area contributed by atoms with Crippen LogP contribution in [-0.4, -0.2) is 58.3 Å². The van der Waals surface area contributed by atoms with E-state index in [2.05, 4.69) is 4.74 Å². The molecule has 0 radical (unpaired) electrons. The molecule has 15 heavy (non-hydrogen) atoms. The van der Waals surface area contributed by atoms with E-state index in [4.69, 9.17) is 20.4 Å². The second kappa shape index (κ2) is 6.81. The van der Waals surface area contributed by atoms with Crippen LogP contribution < -0.4 is 10.6 Å². The van der Waals surface area contributed by atoms with Gasteiger partial charge in [-0.25, -0.2) is 9.59 Å². The maximum absolute atomic E-state index is 9.97. The number of nitrogens with one attached hydrogen (secondary N) is 2. The maximum Gasteiger partial charge on any atom is 0.404 e. The highest BCUT2D eigenvalue weighted by Gasteiger charge is 2.12. The lowest BCUT2D eigenvalue weighted by atomic mass is 10.5. The first kappa shape index (κ1) is 13.4. The Balaban J connectivity index is 3.61. The van der Waals surface area contributed by atoms with E-state index in [1.165, 1.54) is 0 Å². The summed E-state index contributed by atoms with van der Waals surface area (Å²) in [5.74, 6) is 0. The molecule has 88 valence electrons. The Hall–Kier alpha value is -1.58. The van der Waals surface area contributed by atoms with Crippen LogP contribution in [-0.2, 0) is 4.74 Å². The Morgan fingerprint density at radius 2 is 1.33 bits per heavy atom. The molecule has 2 unspecified atom stereocenters. The predicted molar refractivity (Wildman–Crippen MR) is 45.2 cm³/mol. The molecule has 2 atom stereocenters. The molecule has 0 bridgehead atoms. The van der Waals surface area contributed by atoms with Crippen molar-refractivity contribution in [2.45, 2.75) is 12.6 Å². The number of carboxylic acid groups (broad SMARTS) is 2. The number of hydrogen-bond acceptors (Lipinski definition) is 5. The van der Waals surface area contributed by atoms with E-state index in [9.17, 15) is 9.59 Å². The zero-order valence-electron chi connectivity index (χ0n) is 7.58. The Morgan fingerprint density at radius 3 is 1.60 bits per heavy atom. The van der Waals surface area contributed by atoms with Crippen LogP contribution in [0.25, 0.3) is 0 Å². The van der Waals surface area contributed by atoms with Gasteiger partial charge >= 0.3 is 12.2 Å². The molecule has 9 nitrogen and oxygen atoms in total. The predicted octanol–water partition coefficient (Wildman–Crippen LogP) is -1.83. The highest BCUT2D eigenvalue weighted by Crippen LogP contribution is 1.91. The van der Waals surface area contributed by atoms with Gasteiger partial charge in [-0.1, -0.05) is 0 Å². The van der Waals surface area contributed by atoms with Crippen molar-refractivity contribution in [2.24, 2.45) is 0 Å². The summed E-state index contributed by atoms with van der Waals surface area (Å²) in [4.78, 5) is 19.9. The second-order valence-electron chi connectivity index (χ2n) is 2.42. The largest absolute Gasteiger partial charge is 0.465 e. The van der Waals surface area contributed by atoms with Gasteiger partial charge in [0.1, 0.15) is 0 Å². The van der Waals surface area contributed by atoms with Gasteiger partial charge in [0.2, 0.25) is 0 Å². The fraction of sp³-hybridized carbons (Fsp3) is 0.667. The van der Waals surface area contributed by atoms with E-state index in [0.717, 1.165) is 0 Å². The zero-order valence-corrected chi connectivity index (χ0v) is 7.58. The lowest BCUT2D eigenvalue weighted by Crippen LogP contribution is -2.39. The molecule has 0 heterocycles. The smallest absolute Gasteiger partial charge is 0.404 e. The molecule has 0 aliphatic heterocycles. The van der Waals surface area contributed by atoms with Gasteiger partial charge in [0.25, 0.3) is 0 Å². The Morgan fingerprint density at radius 1 is 1.00 bits per heavy atom. The zero-order chi connectivity index (χ0) is 11.8. The van der Waals surface area contributed by atoms with Crippen LogP contribution >= 0.6 is 0 Å². The molecule has 0 aromatic carbocycles. The van der Waals surface area contributed by atoms with Gasteiger partial charge in [-0.05, 0) is 0 Å². The Labute approximate surface area is 84.3 Å². The molecular weight excluding hydrogens is 212 g/mol. The van der Waals surface area contributed by atoms with Crippen molar-refractivity contribution in [3.8, 4) is 0 Å². The average molecular weight is 224 g/mol. The van der Waals surface area contributed by atoms with Crippen LogP contribution in [0, 0.1) is 0 Å². The third kappa shape index (κ3) is 8.74. The van der Waals surface area contributed by atoms with Crippen LogP contribution in [0.3, 0.4) is 0 Å². The third-order valence-corrected chi connectivity index (χ3v) is 1.17. The van der Waals surface area contributed by atoms with E-state index < -0.39 is 37.9 Å². The van der Waals surface area contributed by atoms with Crippen molar-refractivity contribution in [1.82, 2.24) is 10.6 Å². The van der Waals surface area contributed by atoms with E-state index in [1.807, 2.05) is 10.6 Å². The molecule has 0 rings (SSSR count). The summed E-state index contributed by atoms with van der Waals surface area (Å²) >= 11 is 0. The molecule has 0 aromatic heterocycles. The average Bonchev–Trinajstić information content (AvgIpc) is 2.11. The summed E-state index contributed by atoms with van der Waals surface area (Å²) in [5.41, 5.74) is 0. The molecule has 2 amide bonds. The first-order valence-electron chi connectivity index (χ1n) is 3.87. The molecule has 0 aliphatic carbocycles. The number of carbonyl (C=O) groups is 2. The van der Waals surface area contributed by atoms with Gasteiger partial charge in [0.05, 0.1) is 13.1 Å². The summed E-state index contributed by atoms with van der Waals surface area (Å²) in [5, 5.41) is 37.8. The SMILES string of the molecule is O=C(O)NCC(O)OC(O)CNC(=O)O. The fourth-order valence-corrected chi connectivity index (χ4v) is 0.627. The molecule has 9 heteroatoms. The number of hydrogen-bond donors (Lipinski definition) is 6. The van der Waals surface area contributed by atoms with Crippen molar-refractivity contribution < 1.29 is 34.8 Å². The van der Waals surface area contributed by atoms with Crippen molar-refractivity contribution >= 4 is 12.2 Å². The Bertz CT molecular complexity index is 200.